The van der Waals surface area contributed by atoms with E-state index in [9.17, 15) is 10.1 Å². The first-order chi connectivity index (χ1) is 14.0. The average molecular weight is 394 g/mol. The second kappa shape index (κ2) is 9.39. The number of hydrogen-bond acceptors (Lipinski definition) is 5. The Kier molecular flexibility index (Phi) is 6.68. The fraction of sp³-hybridized carbons (Fsp3) is 0.409. The highest BCUT2D eigenvalue weighted by atomic mass is 16.5. The van der Waals surface area contributed by atoms with Crippen molar-refractivity contribution in [1.29, 1.82) is 5.26 Å². The Morgan fingerprint density at radius 1 is 1.45 bits per heavy atom. The summed E-state index contributed by atoms with van der Waals surface area (Å²) in [4.78, 5) is 12.4. The van der Waals surface area contributed by atoms with Crippen LogP contribution in [-0.2, 0) is 16.1 Å². The van der Waals surface area contributed by atoms with Crippen LogP contribution in [0.15, 0.2) is 29.8 Å². The number of aryl methyl sites for hydroxylation is 2. The molecule has 29 heavy (non-hydrogen) atoms. The average Bonchev–Trinajstić information content (AvgIpc) is 3.34. The van der Waals surface area contributed by atoms with Gasteiger partial charge in [-0.05, 0) is 56.5 Å². The van der Waals surface area contributed by atoms with E-state index in [1.165, 1.54) is 0 Å². The summed E-state index contributed by atoms with van der Waals surface area (Å²) in [5, 5.41) is 16.7. The lowest BCUT2D eigenvalue weighted by Crippen LogP contribution is -2.32. The topological polar surface area (TPSA) is 89.2 Å². The van der Waals surface area contributed by atoms with Gasteiger partial charge in [-0.15, -0.1) is 0 Å². The lowest BCUT2D eigenvalue weighted by atomic mass is 10.1. The third-order valence-electron chi connectivity index (χ3n) is 4.92. The van der Waals surface area contributed by atoms with Gasteiger partial charge in [0.25, 0.3) is 5.91 Å². The molecule has 7 heteroatoms. The molecule has 1 atom stereocenters. The first kappa shape index (κ1) is 20.6. The summed E-state index contributed by atoms with van der Waals surface area (Å²) in [6.45, 7) is 5.64. The molecule has 2 aromatic rings. The van der Waals surface area contributed by atoms with Crippen LogP contribution in [0.25, 0.3) is 6.08 Å². The van der Waals surface area contributed by atoms with Gasteiger partial charge in [-0.2, -0.15) is 10.4 Å². The molecular formula is C22H26N4O3. The number of aromatic nitrogens is 2. The van der Waals surface area contributed by atoms with Crippen LogP contribution in [0.5, 0.6) is 5.75 Å². The molecule has 0 aliphatic carbocycles. The van der Waals surface area contributed by atoms with Crippen LogP contribution in [0.3, 0.4) is 0 Å². The Hall–Kier alpha value is -3.11. The van der Waals surface area contributed by atoms with E-state index < -0.39 is 0 Å². The zero-order valence-electron chi connectivity index (χ0n) is 17.1. The van der Waals surface area contributed by atoms with Crippen LogP contribution in [0.4, 0.5) is 0 Å². The fourth-order valence-corrected chi connectivity index (χ4v) is 3.43. The Morgan fingerprint density at radius 2 is 2.28 bits per heavy atom. The van der Waals surface area contributed by atoms with Gasteiger partial charge in [0.2, 0.25) is 0 Å². The molecule has 1 aliphatic rings. The Balaban J connectivity index is 1.78. The number of amides is 1. The van der Waals surface area contributed by atoms with Crippen molar-refractivity contribution >= 4 is 12.0 Å². The number of ether oxygens (including phenoxy) is 2. The molecule has 1 saturated heterocycles. The van der Waals surface area contributed by atoms with E-state index in [2.05, 4.69) is 10.4 Å². The number of nitrogens with one attached hydrogen (secondary N) is 1. The highest BCUT2D eigenvalue weighted by molar-refractivity contribution is 6.01. The lowest BCUT2D eigenvalue weighted by molar-refractivity contribution is -0.117. The van der Waals surface area contributed by atoms with Gasteiger partial charge in [0, 0.05) is 24.4 Å². The molecule has 1 aromatic heterocycles. The number of hydrogen-bond donors (Lipinski definition) is 1. The molecule has 152 valence electrons. The minimum Gasteiger partial charge on any atom is -0.496 e. The van der Waals surface area contributed by atoms with Gasteiger partial charge < -0.3 is 14.8 Å². The van der Waals surface area contributed by atoms with E-state index in [4.69, 9.17) is 9.47 Å². The molecule has 0 bridgehead atoms. The van der Waals surface area contributed by atoms with E-state index in [0.717, 1.165) is 47.7 Å². The van der Waals surface area contributed by atoms with Gasteiger partial charge >= 0.3 is 0 Å². The van der Waals surface area contributed by atoms with Crippen molar-refractivity contribution in [2.45, 2.75) is 39.3 Å². The Morgan fingerprint density at radius 3 is 2.90 bits per heavy atom. The zero-order chi connectivity index (χ0) is 20.8. The number of carbonyl (C=O) groups is 1. The zero-order valence-corrected chi connectivity index (χ0v) is 17.1. The third-order valence-corrected chi connectivity index (χ3v) is 4.92. The maximum atomic E-state index is 12.4. The standard InChI is InChI=1S/C22H26N4O3/c1-15-9-16(2)26(25-15)14-19-11-17(6-7-21(19)28-3)10-18(12-23)22(27)24-13-20-5-4-8-29-20/h6-7,9-11,20H,4-5,8,13-14H2,1-3H3,(H,24,27)/b18-10-. The summed E-state index contributed by atoms with van der Waals surface area (Å²) in [5.74, 6) is 0.343. The lowest BCUT2D eigenvalue weighted by Gasteiger charge is -2.12. The number of nitriles is 1. The predicted molar refractivity (Wildman–Crippen MR) is 109 cm³/mol. The highest BCUT2D eigenvalue weighted by Gasteiger charge is 2.18. The second-order valence-electron chi connectivity index (χ2n) is 7.17. The molecule has 1 fully saturated rings. The molecule has 0 saturated carbocycles. The van der Waals surface area contributed by atoms with E-state index in [0.29, 0.717) is 13.1 Å². The van der Waals surface area contributed by atoms with E-state index in [-0.39, 0.29) is 17.6 Å². The molecule has 1 N–H and O–H groups in total. The van der Waals surface area contributed by atoms with Crippen molar-refractivity contribution in [2.75, 3.05) is 20.3 Å². The number of rotatable bonds is 7. The van der Waals surface area contributed by atoms with E-state index >= 15 is 0 Å². The number of methoxy groups -OCH3 is 1. The number of nitrogens with zero attached hydrogens (tertiary/aromatic N) is 3. The smallest absolute Gasteiger partial charge is 0.262 e. The maximum absolute atomic E-state index is 12.4. The normalized spacial score (nSPS) is 16.5. The van der Waals surface area contributed by atoms with Crippen molar-refractivity contribution < 1.29 is 14.3 Å². The van der Waals surface area contributed by atoms with Crippen molar-refractivity contribution in [3.63, 3.8) is 0 Å². The second-order valence-corrected chi connectivity index (χ2v) is 7.17. The molecule has 2 heterocycles. The number of benzene rings is 1. The summed E-state index contributed by atoms with van der Waals surface area (Å²) in [6, 6.07) is 9.60. The molecule has 0 radical (unpaired) electrons. The summed E-state index contributed by atoms with van der Waals surface area (Å²) in [5.41, 5.74) is 3.74. The van der Waals surface area contributed by atoms with Crippen molar-refractivity contribution in [2.24, 2.45) is 0 Å². The molecule has 1 aliphatic heterocycles. The van der Waals surface area contributed by atoms with Crippen LogP contribution in [-0.4, -0.2) is 42.1 Å². The first-order valence-corrected chi connectivity index (χ1v) is 9.69. The summed E-state index contributed by atoms with van der Waals surface area (Å²) < 4.78 is 12.9. The van der Waals surface area contributed by atoms with Crippen LogP contribution >= 0.6 is 0 Å². The van der Waals surface area contributed by atoms with Gasteiger partial charge in [-0.1, -0.05) is 6.07 Å². The fourth-order valence-electron chi connectivity index (χ4n) is 3.43. The third kappa shape index (κ3) is 5.24. The summed E-state index contributed by atoms with van der Waals surface area (Å²) in [7, 11) is 1.62. The van der Waals surface area contributed by atoms with Crippen LogP contribution in [0.1, 0.15) is 35.4 Å². The minimum absolute atomic E-state index is 0.0345. The highest BCUT2D eigenvalue weighted by Crippen LogP contribution is 2.23. The molecule has 0 spiro atoms. The van der Waals surface area contributed by atoms with Gasteiger partial charge in [0.1, 0.15) is 17.4 Å². The molecule has 1 amide bonds. The van der Waals surface area contributed by atoms with Crippen LogP contribution in [0.2, 0.25) is 0 Å². The predicted octanol–water partition coefficient (Wildman–Crippen LogP) is 2.76. The summed E-state index contributed by atoms with van der Waals surface area (Å²) >= 11 is 0. The van der Waals surface area contributed by atoms with Gasteiger partial charge in [0.05, 0.1) is 25.5 Å². The minimum atomic E-state index is -0.390. The SMILES string of the molecule is COc1ccc(/C=C(/C#N)C(=O)NCC2CCCO2)cc1Cn1nc(C)cc1C. The largest absolute Gasteiger partial charge is 0.496 e. The van der Waals surface area contributed by atoms with Crippen LogP contribution in [0, 0.1) is 25.2 Å². The molecular weight excluding hydrogens is 368 g/mol. The monoisotopic (exact) mass is 394 g/mol. The maximum Gasteiger partial charge on any atom is 0.262 e. The van der Waals surface area contributed by atoms with E-state index in [1.54, 1.807) is 13.2 Å². The molecule has 7 nitrogen and oxygen atoms in total. The number of carbonyl (C=O) groups excluding carboxylic acids is 1. The molecule has 1 aromatic carbocycles. The van der Waals surface area contributed by atoms with Gasteiger partial charge in [-0.25, -0.2) is 0 Å². The van der Waals surface area contributed by atoms with Gasteiger partial charge in [-0.3, -0.25) is 9.48 Å². The Labute approximate surface area is 170 Å². The quantitative estimate of drug-likeness (QED) is 0.576. The van der Waals surface area contributed by atoms with Crippen molar-refractivity contribution in [3.05, 3.63) is 52.4 Å². The van der Waals surface area contributed by atoms with Crippen molar-refractivity contribution in [3.8, 4) is 11.8 Å². The molecule has 3 rings (SSSR count). The van der Waals surface area contributed by atoms with Gasteiger partial charge in [0.15, 0.2) is 0 Å². The van der Waals surface area contributed by atoms with Crippen LogP contribution < -0.4 is 10.1 Å². The summed E-state index contributed by atoms with van der Waals surface area (Å²) in [6.07, 6.45) is 3.56. The van der Waals surface area contributed by atoms with E-state index in [1.807, 2.05) is 48.9 Å². The Bertz CT molecular complexity index is 949. The first-order valence-electron chi connectivity index (χ1n) is 9.69. The molecule has 1 unspecified atom stereocenters. The van der Waals surface area contributed by atoms with Crippen molar-refractivity contribution in [1.82, 2.24) is 15.1 Å².